The number of rotatable bonds is 5. The van der Waals surface area contributed by atoms with Gasteiger partial charge in [-0.25, -0.2) is 0 Å². The average molecular weight is 303 g/mol. The van der Waals surface area contributed by atoms with Crippen LogP contribution in [0.25, 0.3) is 0 Å². The molecule has 2 aromatic carbocycles. The third kappa shape index (κ3) is 3.76. The van der Waals surface area contributed by atoms with E-state index in [0.717, 1.165) is 29.3 Å². The molecule has 0 saturated carbocycles. The van der Waals surface area contributed by atoms with Crippen LogP contribution in [-0.4, -0.2) is 19.9 Å². The van der Waals surface area contributed by atoms with E-state index in [2.05, 4.69) is 11.9 Å². The van der Waals surface area contributed by atoms with E-state index in [-0.39, 0.29) is 0 Å². The van der Waals surface area contributed by atoms with E-state index in [1.54, 1.807) is 13.4 Å². The molecule has 0 aliphatic heterocycles. The van der Waals surface area contributed by atoms with Gasteiger partial charge in [-0.3, -0.25) is 4.99 Å². The van der Waals surface area contributed by atoms with Crippen LogP contribution in [-0.2, 0) is 0 Å². The molecule has 0 atom stereocenters. The van der Waals surface area contributed by atoms with Crippen molar-refractivity contribution in [3.8, 4) is 11.5 Å². The monoisotopic (exact) mass is 302 g/mol. The second kappa shape index (κ2) is 7.14. The number of hydrogen-bond acceptors (Lipinski definition) is 2. The quantitative estimate of drug-likeness (QED) is 0.578. The van der Waals surface area contributed by atoms with Crippen LogP contribution < -0.4 is 9.64 Å². The molecule has 2 rings (SSSR count). The molecule has 0 heterocycles. The van der Waals surface area contributed by atoms with E-state index in [1.807, 2.05) is 54.3 Å². The predicted molar refractivity (Wildman–Crippen MR) is 90.1 cm³/mol. The van der Waals surface area contributed by atoms with Gasteiger partial charge in [-0.1, -0.05) is 29.8 Å². The number of nitrogens with zero attached hydrogens (tertiary/aromatic N) is 2. The smallest absolute Gasteiger partial charge is 0.131 e. The third-order valence-electron chi connectivity index (χ3n) is 3.12. The van der Waals surface area contributed by atoms with Crippen LogP contribution in [0.1, 0.15) is 12.5 Å². The van der Waals surface area contributed by atoms with Gasteiger partial charge in [0.05, 0.1) is 17.0 Å². The minimum Gasteiger partial charge on any atom is -0.457 e. The second-order valence-electron chi connectivity index (χ2n) is 4.64. The SMILES string of the molecule is CCN(C=NC)c1cc(C)c(Oc2ccccc2)cc1Cl. The highest BCUT2D eigenvalue weighted by Gasteiger charge is 2.11. The van der Waals surface area contributed by atoms with Crippen molar-refractivity contribution in [1.29, 1.82) is 0 Å². The molecule has 0 aliphatic rings. The van der Waals surface area contributed by atoms with Crippen LogP contribution in [0.4, 0.5) is 5.69 Å². The molecule has 4 heteroatoms. The predicted octanol–water partition coefficient (Wildman–Crippen LogP) is 4.93. The summed E-state index contributed by atoms with van der Waals surface area (Å²) in [5, 5.41) is 0.647. The lowest BCUT2D eigenvalue weighted by Crippen LogP contribution is -2.20. The summed E-state index contributed by atoms with van der Waals surface area (Å²) >= 11 is 6.39. The first-order chi connectivity index (χ1) is 10.2. The van der Waals surface area contributed by atoms with E-state index in [4.69, 9.17) is 16.3 Å². The number of para-hydroxylation sites is 1. The minimum absolute atomic E-state index is 0.647. The Morgan fingerprint density at radius 3 is 2.57 bits per heavy atom. The number of halogens is 1. The minimum atomic E-state index is 0.647. The number of anilines is 1. The zero-order chi connectivity index (χ0) is 15.2. The lowest BCUT2D eigenvalue weighted by atomic mass is 10.2. The van der Waals surface area contributed by atoms with Gasteiger partial charge < -0.3 is 9.64 Å². The summed E-state index contributed by atoms with van der Waals surface area (Å²) in [4.78, 5) is 6.06. The van der Waals surface area contributed by atoms with Gasteiger partial charge in [-0.2, -0.15) is 0 Å². The molecule has 0 saturated heterocycles. The highest BCUT2D eigenvalue weighted by Crippen LogP contribution is 2.34. The summed E-state index contributed by atoms with van der Waals surface area (Å²) < 4.78 is 5.88. The Balaban J connectivity index is 2.32. The lowest BCUT2D eigenvalue weighted by Gasteiger charge is -2.20. The fourth-order valence-electron chi connectivity index (χ4n) is 2.05. The van der Waals surface area contributed by atoms with Crippen molar-refractivity contribution >= 4 is 23.6 Å². The molecular weight excluding hydrogens is 284 g/mol. The Morgan fingerprint density at radius 1 is 1.24 bits per heavy atom. The lowest BCUT2D eigenvalue weighted by molar-refractivity contribution is 0.479. The van der Waals surface area contributed by atoms with Gasteiger partial charge >= 0.3 is 0 Å². The van der Waals surface area contributed by atoms with Gasteiger partial charge in [0.2, 0.25) is 0 Å². The van der Waals surface area contributed by atoms with Crippen LogP contribution >= 0.6 is 11.6 Å². The number of aryl methyl sites for hydroxylation is 1. The summed E-state index contributed by atoms with van der Waals surface area (Å²) in [6.45, 7) is 4.87. The number of benzene rings is 2. The van der Waals surface area contributed by atoms with Gasteiger partial charge in [0.1, 0.15) is 11.5 Å². The summed E-state index contributed by atoms with van der Waals surface area (Å²) in [6.07, 6.45) is 1.78. The zero-order valence-corrected chi connectivity index (χ0v) is 13.3. The largest absolute Gasteiger partial charge is 0.457 e. The highest BCUT2D eigenvalue weighted by molar-refractivity contribution is 6.33. The van der Waals surface area contributed by atoms with Gasteiger partial charge in [0.25, 0.3) is 0 Å². The van der Waals surface area contributed by atoms with Crippen LogP contribution in [0.2, 0.25) is 5.02 Å². The summed E-state index contributed by atoms with van der Waals surface area (Å²) in [5.74, 6) is 1.56. The van der Waals surface area contributed by atoms with Crippen molar-refractivity contribution in [2.24, 2.45) is 4.99 Å². The molecule has 0 aliphatic carbocycles. The van der Waals surface area contributed by atoms with Crippen molar-refractivity contribution < 1.29 is 4.74 Å². The molecule has 3 nitrogen and oxygen atoms in total. The van der Waals surface area contributed by atoms with Crippen LogP contribution in [0, 0.1) is 6.92 Å². The average Bonchev–Trinajstić information content (AvgIpc) is 2.49. The molecule has 0 radical (unpaired) electrons. The van der Waals surface area contributed by atoms with Crippen molar-refractivity contribution in [2.75, 3.05) is 18.5 Å². The second-order valence-corrected chi connectivity index (χ2v) is 5.05. The van der Waals surface area contributed by atoms with Crippen molar-refractivity contribution in [2.45, 2.75) is 13.8 Å². The molecule has 110 valence electrons. The Bertz CT molecular complexity index is 626. The fraction of sp³-hybridized carbons (Fsp3) is 0.235. The van der Waals surface area contributed by atoms with E-state index < -0.39 is 0 Å². The van der Waals surface area contributed by atoms with Crippen LogP contribution in [0.5, 0.6) is 11.5 Å². The van der Waals surface area contributed by atoms with Crippen molar-refractivity contribution in [3.63, 3.8) is 0 Å². The van der Waals surface area contributed by atoms with E-state index in [0.29, 0.717) is 5.02 Å². The molecule has 0 N–H and O–H groups in total. The number of aliphatic imine (C=N–C) groups is 1. The zero-order valence-electron chi connectivity index (χ0n) is 12.5. The molecule has 0 fully saturated rings. The summed E-state index contributed by atoms with van der Waals surface area (Å²) in [6, 6.07) is 13.6. The standard InChI is InChI=1S/C17H19ClN2O/c1-4-20(12-19-3)16-10-13(2)17(11-15(16)18)21-14-8-6-5-7-9-14/h5-12H,4H2,1-3H3. The maximum absolute atomic E-state index is 6.39. The molecule has 2 aromatic rings. The molecular formula is C17H19ClN2O. The van der Waals surface area contributed by atoms with Gasteiger partial charge in [-0.05, 0) is 37.6 Å². The third-order valence-corrected chi connectivity index (χ3v) is 3.42. The topological polar surface area (TPSA) is 24.8 Å². The molecule has 0 bridgehead atoms. The Labute approximate surface area is 130 Å². The van der Waals surface area contributed by atoms with E-state index >= 15 is 0 Å². The normalized spacial score (nSPS) is 10.9. The van der Waals surface area contributed by atoms with Gasteiger partial charge in [0.15, 0.2) is 0 Å². The molecule has 0 spiro atoms. The Morgan fingerprint density at radius 2 is 1.95 bits per heavy atom. The maximum atomic E-state index is 6.39. The molecule has 0 aromatic heterocycles. The van der Waals surface area contributed by atoms with Crippen LogP contribution in [0.15, 0.2) is 47.5 Å². The fourth-order valence-corrected chi connectivity index (χ4v) is 2.31. The molecule has 0 unspecified atom stereocenters. The molecule has 0 amide bonds. The number of ether oxygens (including phenoxy) is 1. The maximum Gasteiger partial charge on any atom is 0.131 e. The number of hydrogen-bond donors (Lipinski definition) is 0. The van der Waals surface area contributed by atoms with E-state index in [9.17, 15) is 0 Å². The van der Waals surface area contributed by atoms with Gasteiger partial charge in [0, 0.05) is 19.7 Å². The molecule has 21 heavy (non-hydrogen) atoms. The van der Waals surface area contributed by atoms with Gasteiger partial charge in [-0.15, -0.1) is 0 Å². The first-order valence-corrected chi connectivity index (χ1v) is 7.25. The first kappa shape index (κ1) is 15.4. The summed E-state index contributed by atoms with van der Waals surface area (Å²) in [7, 11) is 1.75. The van der Waals surface area contributed by atoms with Crippen LogP contribution in [0.3, 0.4) is 0 Å². The first-order valence-electron chi connectivity index (χ1n) is 6.87. The van der Waals surface area contributed by atoms with E-state index in [1.165, 1.54) is 0 Å². The summed E-state index contributed by atoms with van der Waals surface area (Å²) in [5.41, 5.74) is 1.96. The van der Waals surface area contributed by atoms with Crippen molar-refractivity contribution in [3.05, 3.63) is 53.1 Å². The Kier molecular flexibility index (Phi) is 5.23. The Hall–Kier alpha value is -2.00. The van der Waals surface area contributed by atoms with Crippen molar-refractivity contribution in [1.82, 2.24) is 0 Å². The highest BCUT2D eigenvalue weighted by atomic mass is 35.5.